The quantitative estimate of drug-likeness (QED) is 0.509. The molecule has 0 fully saturated rings. The number of amides is 1. The second kappa shape index (κ2) is 12.1. The van der Waals surface area contributed by atoms with E-state index in [1.807, 2.05) is 0 Å². The van der Waals surface area contributed by atoms with E-state index in [0.717, 1.165) is 18.6 Å². The second-order valence-electron chi connectivity index (χ2n) is 6.86. The topological polar surface area (TPSA) is 71.0 Å². The number of nitrogens with one attached hydrogen (secondary N) is 1. The van der Waals surface area contributed by atoms with E-state index < -0.39 is 35.8 Å². The van der Waals surface area contributed by atoms with Gasteiger partial charge >= 0.3 is 6.18 Å². The number of rotatable bonds is 12. The summed E-state index contributed by atoms with van der Waals surface area (Å²) in [4.78, 5) is 14.3. The average Bonchev–Trinajstić information content (AvgIpc) is 2.69. The van der Waals surface area contributed by atoms with Crippen LogP contribution in [0.15, 0.2) is 24.3 Å². The van der Waals surface area contributed by atoms with E-state index in [0.29, 0.717) is 18.7 Å². The molecular formula is C20H31F3N2O4. The Morgan fingerprint density at radius 1 is 1.21 bits per heavy atom. The molecule has 1 aromatic carbocycles. The van der Waals surface area contributed by atoms with Gasteiger partial charge in [-0.25, -0.2) is 0 Å². The predicted molar refractivity (Wildman–Crippen MR) is 103 cm³/mol. The van der Waals surface area contributed by atoms with E-state index in [9.17, 15) is 23.1 Å². The maximum absolute atomic E-state index is 13.0. The van der Waals surface area contributed by atoms with Crippen molar-refractivity contribution in [1.82, 2.24) is 10.2 Å². The van der Waals surface area contributed by atoms with E-state index in [1.54, 1.807) is 21.0 Å². The molecule has 166 valence electrons. The summed E-state index contributed by atoms with van der Waals surface area (Å²) in [6.07, 6.45) is -5.10. The third-order valence-electron chi connectivity index (χ3n) is 4.70. The number of methoxy groups -OCH3 is 2. The molecule has 1 aromatic rings. The Bertz CT molecular complexity index is 628. The van der Waals surface area contributed by atoms with Crippen LogP contribution in [0.3, 0.4) is 0 Å². The molecule has 9 heteroatoms. The first-order chi connectivity index (χ1) is 13.6. The van der Waals surface area contributed by atoms with E-state index in [4.69, 9.17) is 9.47 Å². The lowest BCUT2D eigenvalue weighted by Crippen LogP contribution is -2.50. The van der Waals surface area contributed by atoms with Crippen LogP contribution in [-0.4, -0.2) is 68.6 Å². The smallest absolute Gasteiger partial charge is 0.385 e. The van der Waals surface area contributed by atoms with Gasteiger partial charge in [0, 0.05) is 33.4 Å². The van der Waals surface area contributed by atoms with Gasteiger partial charge in [0.15, 0.2) is 0 Å². The Kier molecular flexibility index (Phi) is 10.6. The van der Waals surface area contributed by atoms with Crippen LogP contribution in [0, 0.1) is 0 Å². The first-order valence-corrected chi connectivity index (χ1v) is 9.50. The molecule has 0 bridgehead atoms. The van der Waals surface area contributed by atoms with Gasteiger partial charge in [-0.2, -0.15) is 13.2 Å². The summed E-state index contributed by atoms with van der Waals surface area (Å²) in [6.45, 7) is 4.75. The largest absolute Gasteiger partial charge is 0.416 e. The molecule has 0 saturated carbocycles. The standard InChI is InChI=1S/C20H31F3N2O4/c1-14(24-9-6-11-28-3)18(26)19(27)25(10-12-29-4)15(2)16-7-5-8-17(13-16)20(21,22)23/h5,7-8,13-15,18,24,26H,6,9-12H2,1-4H3/t14-,15?,18+/m0/s1. The van der Waals surface area contributed by atoms with Crippen LogP contribution in [-0.2, 0) is 20.4 Å². The summed E-state index contributed by atoms with van der Waals surface area (Å²) >= 11 is 0. The molecular weight excluding hydrogens is 389 g/mol. The lowest BCUT2D eigenvalue weighted by atomic mass is 10.0. The highest BCUT2D eigenvalue weighted by molar-refractivity contribution is 5.82. The zero-order chi connectivity index (χ0) is 22.0. The Morgan fingerprint density at radius 2 is 1.86 bits per heavy atom. The minimum absolute atomic E-state index is 0.139. The molecule has 1 rings (SSSR count). The molecule has 0 aliphatic rings. The zero-order valence-corrected chi connectivity index (χ0v) is 17.3. The van der Waals surface area contributed by atoms with Crippen LogP contribution >= 0.6 is 0 Å². The fourth-order valence-electron chi connectivity index (χ4n) is 2.88. The number of carbonyl (C=O) groups is 1. The van der Waals surface area contributed by atoms with E-state index in [1.165, 1.54) is 24.1 Å². The molecule has 1 unspecified atom stereocenters. The minimum atomic E-state index is -4.47. The normalized spacial score (nSPS) is 15.0. The van der Waals surface area contributed by atoms with Crippen LogP contribution in [0.4, 0.5) is 13.2 Å². The Hall–Kier alpha value is -1.68. The molecule has 0 aromatic heterocycles. The SMILES string of the molecule is COCCCN[C@@H](C)[C@@H](O)C(=O)N(CCOC)C(C)c1cccc(C(F)(F)F)c1. The lowest BCUT2D eigenvalue weighted by Gasteiger charge is -2.33. The average molecular weight is 420 g/mol. The highest BCUT2D eigenvalue weighted by Gasteiger charge is 2.33. The number of alkyl halides is 3. The summed E-state index contributed by atoms with van der Waals surface area (Å²) in [5, 5.41) is 13.5. The number of ether oxygens (including phenoxy) is 2. The predicted octanol–water partition coefficient (Wildman–Crippen LogP) is 2.62. The summed E-state index contributed by atoms with van der Waals surface area (Å²) in [5.41, 5.74) is -0.452. The summed E-state index contributed by atoms with van der Waals surface area (Å²) in [7, 11) is 3.05. The summed E-state index contributed by atoms with van der Waals surface area (Å²) in [5.74, 6) is -0.571. The van der Waals surface area contributed by atoms with Crippen molar-refractivity contribution < 1.29 is 32.5 Å². The van der Waals surface area contributed by atoms with E-state index in [2.05, 4.69) is 5.32 Å². The highest BCUT2D eigenvalue weighted by atomic mass is 19.4. The highest BCUT2D eigenvalue weighted by Crippen LogP contribution is 2.32. The Balaban J connectivity index is 2.96. The molecule has 0 heterocycles. The third kappa shape index (κ3) is 7.93. The maximum Gasteiger partial charge on any atom is 0.416 e. The molecule has 0 spiro atoms. The molecule has 0 aliphatic heterocycles. The zero-order valence-electron chi connectivity index (χ0n) is 17.3. The van der Waals surface area contributed by atoms with Crippen molar-refractivity contribution in [3.05, 3.63) is 35.4 Å². The van der Waals surface area contributed by atoms with Gasteiger partial charge in [0.1, 0.15) is 6.10 Å². The van der Waals surface area contributed by atoms with Gasteiger partial charge in [0.05, 0.1) is 18.2 Å². The second-order valence-corrected chi connectivity index (χ2v) is 6.86. The fraction of sp³-hybridized carbons (Fsp3) is 0.650. The van der Waals surface area contributed by atoms with Crippen molar-refractivity contribution >= 4 is 5.91 Å². The van der Waals surface area contributed by atoms with E-state index in [-0.39, 0.29) is 13.2 Å². The monoisotopic (exact) mass is 420 g/mol. The van der Waals surface area contributed by atoms with Crippen molar-refractivity contribution in [3.8, 4) is 0 Å². The van der Waals surface area contributed by atoms with Crippen molar-refractivity contribution in [3.63, 3.8) is 0 Å². The van der Waals surface area contributed by atoms with Gasteiger partial charge in [-0.1, -0.05) is 12.1 Å². The van der Waals surface area contributed by atoms with Crippen LogP contribution < -0.4 is 5.32 Å². The van der Waals surface area contributed by atoms with Gasteiger partial charge in [0.25, 0.3) is 5.91 Å². The van der Waals surface area contributed by atoms with Gasteiger partial charge < -0.3 is 24.8 Å². The van der Waals surface area contributed by atoms with Gasteiger partial charge in [0.2, 0.25) is 0 Å². The Labute approximate surface area is 170 Å². The lowest BCUT2D eigenvalue weighted by molar-refractivity contribution is -0.144. The number of nitrogens with zero attached hydrogens (tertiary/aromatic N) is 1. The van der Waals surface area contributed by atoms with Gasteiger partial charge in [-0.3, -0.25) is 4.79 Å². The number of benzene rings is 1. The van der Waals surface area contributed by atoms with Crippen LogP contribution in [0.25, 0.3) is 0 Å². The van der Waals surface area contributed by atoms with E-state index >= 15 is 0 Å². The molecule has 3 atom stereocenters. The number of aliphatic hydroxyl groups is 1. The maximum atomic E-state index is 13.0. The third-order valence-corrected chi connectivity index (χ3v) is 4.70. The summed E-state index contributed by atoms with van der Waals surface area (Å²) < 4.78 is 49.1. The molecule has 0 radical (unpaired) electrons. The van der Waals surface area contributed by atoms with Crippen LogP contribution in [0.1, 0.15) is 37.4 Å². The van der Waals surface area contributed by atoms with Crippen molar-refractivity contribution in [2.24, 2.45) is 0 Å². The minimum Gasteiger partial charge on any atom is -0.385 e. The van der Waals surface area contributed by atoms with Crippen LogP contribution in [0.5, 0.6) is 0 Å². The number of aliphatic hydroxyl groups excluding tert-OH is 1. The fourth-order valence-corrected chi connectivity index (χ4v) is 2.88. The van der Waals surface area contributed by atoms with Crippen LogP contribution in [0.2, 0.25) is 0 Å². The molecule has 1 amide bonds. The molecule has 2 N–H and O–H groups in total. The molecule has 6 nitrogen and oxygen atoms in total. The molecule has 0 aliphatic carbocycles. The first kappa shape index (κ1) is 25.4. The van der Waals surface area contributed by atoms with Gasteiger partial charge in [-0.15, -0.1) is 0 Å². The number of hydrogen-bond acceptors (Lipinski definition) is 5. The van der Waals surface area contributed by atoms with Crippen molar-refractivity contribution in [1.29, 1.82) is 0 Å². The number of halogens is 3. The number of carbonyl (C=O) groups excluding carboxylic acids is 1. The Morgan fingerprint density at radius 3 is 2.45 bits per heavy atom. The summed E-state index contributed by atoms with van der Waals surface area (Å²) in [6, 6.07) is 3.65. The van der Waals surface area contributed by atoms with Crippen molar-refractivity contribution in [2.45, 2.75) is 44.6 Å². The number of hydrogen-bond donors (Lipinski definition) is 2. The van der Waals surface area contributed by atoms with Gasteiger partial charge in [-0.05, 0) is 44.5 Å². The first-order valence-electron chi connectivity index (χ1n) is 9.50. The van der Waals surface area contributed by atoms with Crippen molar-refractivity contribution in [2.75, 3.05) is 40.5 Å². The molecule has 0 saturated heterocycles. The molecule has 29 heavy (non-hydrogen) atoms.